The number of benzene rings is 2. The standard InChI is InChI=1S/C15H14FNOS/c1-12-7-5-6-10-14(12)19-11-17(15(16)18)13-8-3-2-4-9-13/h2-10H,11H2,1H3. The van der Waals surface area contributed by atoms with Gasteiger partial charge in [-0.3, -0.25) is 4.90 Å². The van der Waals surface area contributed by atoms with Gasteiger partial charge in [0.1, 0.15) is 0 Å². The van der Waals surface area contributed by atoms with Gasteiger partial charge in [-0.1, -0.05) is 36.4 Å². The number of amides is 1. The number of halogens is 1. The SMILES string of the molecule is Cc1ccccc1SCN(C(=O)F)c1ccccc1. The Morgan fingerprint density at radius 2 is 1.74 bits per heavy atom. The van der Waals surface area contributed by atoms with Crippen molar-refractivity contribution >= 4 is 23.6 Å². The minimum Gasteiger partial charge on any atom is -0.274 e. The Labute approximate surface area is 116 Å². The van der Waals surface area contributed by atoms with E-state index in [4.69, 9.17) is 0 Å². The molecule has 19 heavy (non-hydrogen) atoms. The molecule has 2 aromatic rings. The second-order valence-electron chi connectivity index (χ2n) is 4.06. The monoisotopic (exact) mass is 275 g/mol. The Morgan fingerprint density at radius 1 is 1.11 bits per heavy atom. The molecule has 1 amide bonds. The van der Waals surface area contributed by atoms with Crippen LogP contribution in [0.4, 0.5) is 14.9 Å². The fourth-order valence-electron chi connectivity index (χ4n) is 1.69. The highest BCUT2D eigenvalue weighted by Gasteiger charge is 2.15. The van der Waals surface area contributed by atoms with Gasteiger partial charge in [-0.2, -0.15) is 0 Å². The molecular weight excluding hydrogens is 261 g/mol. The predicted octanol–water partition coefficient (Wildman–Crippen LogP) is 4.64. The molecule has 0 fully saturated rings. The van der Waals surface area contributed by atoms with Crippen molar-refractivity contribution in [1.29, 1.82) is 0 Å². The molecule has 4 heteroatoms. The number of rotatable bonds is 4. The maximum atomic E-state index is 13.1. The topological polar surface area (TPSA) is 20.3 Å². The first-order valence-corrected chi connectivity index (χ1v) is 6.87. The summed E-state index contributed by atoms with van der Waals surface area (Å²) in [5.74, 6) is 0.254. The maximum absolute atomic E-state index is 13.1. The van der Waals surface area contributed by atoms with Gasteiger partial charge in [0, 0.05) is 10.6 Å². The minimum absolute atomic E-state index is 0.254. The van der Waals surface area contributed by atoms with Crippen molar-refractivity contribution in [3.8, 4) is 0 Å². The minimum atomic E-state index is -1.44. The van der Waals surface area contributed by atoms with Gasteiger partial charge in [-0.15, -0.1) is 16.2 Å². The lowest BCUT2D eigenvalue weighted by atomic mass is 10.2. The van der Waals surface area contributed by atoms with Gasteiger partial charge in [0.25, 0.3) is 0 Å². The zero-order valence-electron chi connectivity index (χ0n) is 10.5. The van der Waals surface area contributed by atoms with Crippen LogP contribution in [0, 0.1) is 6.92 Å². The summed E-state index contributed by atoms with van der Waals surface area (Å²) < 4.78 is 13.1. The van der Waals surface area contributed by atoms with E-state index in [0.717, 1.165) is 15.4 Å². The maximum Gasteiger partial charge on any atom is 0.405 e. The highest BCUT2D eigenvalue weighted by molar-refractivity contribution is 7.99. The zero-order valence-corrected chi connectivity index (χ0v) is 11.4. The van der Waals surface area contributed by atoms with Crippen LogP contribution in [0.15, 0.2) is 59.5 Å². The van der Waals surface area contributed by atoms with Crippen molar-refractivity contribution in [2.45, 2.75) is 11.8 Å². The lowest BCUT2D eigenvalue weighted by Gasteiger charge is -2.18. The molecule has 2 nitrogen and oxygen atoms in total. The molecule has 0 bridgehead atoms. The smallest absolute Gasteiger partial charge is 0.274 e. The third kappa shape index (κ3) is 3.58. The van der Waals surface area contributed by atoms with E-state index in [1.54, 1.807) is 24.3 Å². The van der Waals surface area contributed by atoms with Gasteiger partial charge >= 0.3 is 6.16 Å². The van der Waals surface area contributed by atoms with E-state index in [-0.39, 0.29) is 5.88 Å². The van der Waals surface area contributed by atoms with Gasteiger partial charge in [-0.05, 0) is 30.7 Å². The van der Waals surface area contributed by atoms with Crippen LogP contribution in [0.25, 0.3) is 0 Å². The average Bonchev–Trinajstić information content (AvgIpc) is 2.42. The van der Waals surface area contributed by atoms with E-state index in [1.165, 1.54) is 11.8 Å². The highest BCUT2D eigenvalue weighted by Crippen LogP contribution is 2.25. The first-order chi connectivity index (χ1) is 9.18. The summed E-state index contributed by atoms with van der Waals surface area (Å²) in [5.41, 5.74) is 1.68. The van der Waals surface area contributed by atoms with E-state index in [2.05, 4.69) is 0 Å². The van der Waals surface area contributed by atoms with Crippen LogP contribution in [0.2, 0.25) is 0 Å². The number of carbonyl (C=O) groups is 1. The van der Waals surface area contributed by atoms with Gasteiger partial charge in [0.2, 0.25) is 0 Å². The lowest BCUT2D eigenvalue weighted by molar-refractivity contribution is 0.229. The second kappa shape index (κ2) is 6.38. The lowest BCUT2D eigenvalue weighted by Crippen LogP contribution is -2.25. The largest absolute Gasteiger partial charge is 0.405 e. The molecule has 0 unspecified atom stereocenters. The van der Waals surface area contributed by atoms with Crippen molar-refractivity contribution < 1.29 is 9.18 Å². The Hall–Kier alpha value is -1.81. The molecule has 0 saturated carbocycles. The molecule has 0 saturated heterocycles. The molecule has 0 atom stereocenters. The zero-order chi connectivity index (χ0) is 13.7. The highest BCUT2D eigenvalue weighted by atomic mass is 32.2. The molecule has 0 spiro atoms. The first-order valence-electron chi connectivity index (χ1n) is 5.89. The van der Waals surface area contributed by atoms with Crippen molar-refractivity contribution in [1.82, 2.24) is 0 Å². The average molecular weight is 275 g/mol. The Bertz CT molecular complexity index is 559. The molecule has 98 valence electrons. The molecule has 0 N–H and O–H groups in total. The van der Waals surface area contributed by atoms with Crippen LogP contribution in [0.3, 0.4) is 0 Å². The number of para-hydroxylation sites is 1. The van der Waals surface area contributed by atoms with Crippen LogP contribution in [0.1, 0.15) is 5.56 Å². The molecule has 0 aromatic heterocycles. The van der Waals surface area contributed by atoms with E-state index < -0.39 is 6.16 Å². The van der Waals surface area contributed by atoms with E-state index in [0.29, 0.717) is 5.69 Å². The predicted molar refractivity (Wildman–Crippen MR) is 77.3 cm³/mol. The summed E-state index contributed by atoms with van der Waals surface area (Å²) in [7, 11) is 0. The Morgan fingerprint density at radius 3 is 2.37 bits per heavy atom. The van der Waals surface area contributed by atoms with Crippen LogP contribution in [0.5, 0.6) is 0 Å². The van der Waals surface area contributed by atoms with Crippen molar-refractivity contribution in [3.63, 3.8) is 0 Å². The summed E-state index contributed by atoms with van der Waals surface area (Å²) in [6, 6.07) is 16.7. The summed E-state index contributed by atoms with van der Waals surface area (Å²) in [5, 5.41) is 0. The Kier molecular flexibility index (Phi) is 4.58. The molecule has 0 heterocycles. The number of anilines is 1. The number of carbonyl (C=O) groups excluding carboxylic acids is 1. The third-order valence-electron chi connectivity index (χ3n) is 2.72. The first kappa shape index (κ1) is 13.6. The number of thioether (sulfide) groups is 1. The molecule has 2 aromatic carbocycles. The fraction of sp³-hybridized carbons (Fsp3) is 0.133. The normalized spacial score (nSPS) is 10.2. The molecule has 0 aliphatic carbocycles. The third-order valence-corrected chi connectivity index (χ3v) is 3.88. The van der Waals surface area contributed by atoms with E-state index in [1.807, 2.05) is 37.3 Å². The number of aryl methyl sites for hydroxylation is 1. The number of hydrogen-bond acceptors (Lipinski definition) is 2. The van der Waals surface area contributed by atoms with Crippen molar-refractivity contribution in [3.05, 3.63) is 60.2 Å². The quantitative estimate of drug-likeness (QED) is 0.350. The van der Waals surface area contributed by atoms with Crippen molar-refractivity contribution in [2.24, 2.45) is 0 Å². The summed E-state index contributed by atoms with van der Waals surface area (Å²) in [6.45, 7) is 1.99. The molecule has 2 rings (SSSR count). The summed E-state index contributed by atoms with van der Waals surface area (Å²) in [6.07, 6.45) is -1.44. The fourth-order valence-corrected chi connectivity index (χ4v) is 2.68. The number of hydrogen-bond donors (Lipinski definition) is 0. The summed E-state index contributed by atoms with van der Waals surface area (Å²) in [4.78, 5) is 13.3. The van der Waals surface area contributed by atoms with Gasteiger partial charge in [0.05, 0.1) is 5.88 Å². The van der Waals surface area contributed by atoms with Crippen LogP contribution in [-0.2, 0) is 0 Å². The van der Waals surface area contributed by atoms with Gasteiger partial charge < -0.3 is 0 Å². The van der Waals surface area contributed by atoms with Gasteiger partial charge in [-0.25, -0.2) is 4.79 Å². The Balaban J connectivity index is 2.11. The summed E-state index contributed by atoms with van der Waals surface area (Å²) >= 11 is 1.44. The van der Waals surface area contributed by atoms with Crippen molar-refractivity contribution in [2.75, 3.05) is 10.8 Å². The molecule has 0 radical (unpaired) electrons. The molecule has 0 aliphatic heterocycles. The van der Waals surface area contributed by atoms with Gasteiger partial charge in [0.15, 0.2) is 0 Å². The number of nitrogens with zero attached hydrogens (tertiary/aromatic N) is 1. The molecular formula is C15H14FNOS. The van der Waals surface area contributed by atoms with Crippen LogP contribution in [-0.4, -0.2) is 12.0 Å². The van der Waals surface area contributed by atoms with E-state index in [9.17, 15) is 9.18 Å². The van der Waals surface area contributed by atoms with E-state index >= 15 is 0 Å². The molecule has 0 aliphatic rings. The van der Waals surface area contributed by atoms with Crippen LogP contribution < -0.4 is 4.90 Å². The second-order valence-corrected chi connectivity index (χ2v) is 5.04. The van der Waals surface area contributed by atoms with Crippen LogP contribution >= 0.6 is 11.8 Å².